The van der Waals surface area contributed by atoms with Gasteiger partial charge in [0.25, 0.3) is 0 Å². The molecular weight excluding hydrogens is 129 g/mol. The number of methoxy groups -OCH3 is 1. The predicted molar refractivity (Wildman–Crippen MR) is 43.1 cm³/mol. The van der Waals surface area contributed by atoms with Gasteiger partial charge in [-0.05, 0) is 6.72 Å². The molecule has 0 aromatic heterocycles. The van der Waals surface area contributed by atoms with E-state index in [1.807, 2.05) is 0 Å². The largest absolute Gasteiger partial charge is 0.481 e. The molecule has 0 fully saturated rings. The van der Waals surface area contributed by atoms with Crippen LogP contribution in [-0.4, -0.2) is 26.3 Å². The Morgan fingerprint density at radius 3 is 2.50 bits per heavy atom. The van der Waals surface area contributed by atoms with Crippen molar-refractivity contribution in [1.29, 1.82) is 0 Å². The second kappa shape index (κ2) is 4.82. The molecule has 54 valence electrons. The van der Waals surface area contributed by atoms with Gasteiger partial charge in [0.05, 0.1) is 7.11 Å². The first kappa shape index (κ1) is 8.97. The third-order valence-corrected chi connectivity index (χ3v) is 1.03. The molecule has 0 aliphatic heterocycles. The Kier molecular flexibility index (Phi) is 4.32. The van der Waals surface area contributed by atoms with E-state index in [1.54, 1.807) is 0 Å². The summed E-state index contributed by atoms with van der Waals surface area (Å²) < 4.78 is 4.76. The number of rotatable bonds is 4. The first-order valence-electron chi connectivity index (χ1n) is 2.77. The van der Waals surface area contributed by atoms with Crippen molar-refractivity contribution in [3.8, 4) is 0 Å². The third kappa shape index (κ3) is 2.07. The summed E-state index contributed by atoms with van der Waals surface area (Å²) in [6, 6.07) is 0. The SMILES string of the molecule is C=C/C(BO)=C(\N=C)OC. The second-order valence-corrected chi connectivity index (χ2v) is 1.55. The fraction of sp³-hybridized carbons (Fsp3) is 0.167. The summed E-state index contributed by atoms with van der Waals surface area (Å²) in [4.78, 5) is 3.52. The van der Waals surface area contributed by atoms with Gasteiger partial charge in [0, 0.05) is 5.47 Å². The van der Waals surface area contributed by atoms with E-state index in [4.69, 9.17) is 9.76 Å². The smallest absolute Gasteiger partial charge is 0.310 e. The van der Waals surface area contributed by atoms with Crippen molar-refractivity contribution in [2.45, 2.75) is 0 Å². The molecule has 10 heavy (non-hydrogen) atoms. The quantitative estimate of drug-likeness (QED) is 0.258. The van der Waals surface area contributed by atoms with E-state index in [2.05, 4.69) is 18.3 Å². The Bertz CT molecular complexity index is 147. The van der Waals surface area contributed by atoms with Crippen LogP contribution in [0.3, 0.4) is 0 Å². The Morgan fingerprint density at radius 1 is 1.80 bits per heavy atom. The van der Waals surface area contributed by atoms with Gasteiger partial charge in [0.2, 0.25) is 5.88 Å². The molecule has 0 bridgehead atoms. The molecule has 0 aromatic carbocycles. The lowest BCUT2D eigenvalue weighted by molar-refractivity contribution is 0.287. The molecule has 0 aromatic rings. The van der Waals surface area contributed by atoms with Crippen LogP contribution >= 0.6 is 0 Å². The number of ether oxygens (including phenoxy) is 1. The van der Waals surface area contributed by atoms with Gasteiger partial charge in [-0.15, -0.1) is 0 Å². The monoisotopic (exact) mass is 139 g/mol. The van der Waals surface area contributed by atoms with Gasteiger partial charge < -0.3 is 9.76 Å². The van der Waals surface area contributed by atoms with Crippen molar-refractivity contribution in [3.63, 3.8) is 0 Å². The molecule has 0 aliphatic carbocycles. The van der Waals surface area contributed by atoms with Crippen LogP contribution in [-0.2, 0) is 4.74 Å². The van der Waals surface area contributed by atoms with E-state index < -0.39 is 0 Å². The summed E-state index contributed by atoms with van der Waals surface area (Å²) in [6.45, 7) is 6.72. The summed E-state index contributed by atoms with van der Waals surface area (Å²) in [6.07, 6.45) is 1.48. The second-order valence-electron chi connectivity index (χ2n) is 1.55. The van der Waals surface area contributed by atoms with Gasteiger partial charge in [-0.25, -0.2) is 4.99 Å². The molecule has 0 saturated carbocycles. The Labute approximate surface area is 61.0 Å². The van der Waals surface area contributed by atoms with Gasteiger partial charge >= 0.3 is 7.48 Å². The molecule has 0 spiro atoms. The molecule has 0 aliphatic rings. The number of hydrogen-bond acceptors (Lipinski definition) is 3. The minimum Gasteiger partial charge on any atom is -0.481 e. The average Bonchev–Trinajstić information content (AvgIpc) is 2.00. The van der Waals surface area contributed by atoms with E-state index in [9.17, 15) is 0 Å². The highest BCUT2D eigenvalue weighted by atomic mass is 16.5. The molecule has 0 heterocycles. The predicted octanol–water partition coefficient (Wildman–Crippen LogP) is 0.0323. The van der Waals surface area contributed by atoms with Crippen LogP contribution in [0.4, 0.5) is 0 Å². The maximum absolute atomic E-state index is 8.66. The fourth-order valence-electron chi connectivity index (χ4n) is 0.517. The highest BCUT2D eigenvalue weighted by molar-refractivity contribution is 6.37. The zero-order valence-corrected chi connectivity index (χ0v) is 6.00. The average molecular weight is 139 g/mol. The minimum atomic E-state index is -0.133. The van der Waals surface area contributed by atoms with Crippen LogP contribution in [0, 0.1) is 0 Å². The van der Waals surface area contributed by atoms with Crippen LogP contribution in [0.5, 0.6) is 0 Å². The van der Waals surface area contributed by atoms with Crippen molar-refractivity contribution in [2.24, 2.45) is 4.99 Å². The van der Waals surface area contributed by atoms with Gasteiger partial charge in [-0.3, -0.25) is 0 Å². The molecule has 0 radical (unpaired) electrons. The van der Waals surface area contributed by atoms with Crippen molar-refractivity contribution < 1.29 is 9.76 Å². The molecule has 4 heteroatoms. The molecule has 0 saturated heterocycles. The van der Waals surface area contributed by atoms with Crippen molar-refractivity contribution in [2.75, 3.05) is 7.11 Å². The molecule has 1 N–H and O–H groups in total. The molecular formula is C6H10BNO2. The van der Waals surface area contributed by atoms with Crippen LogP contribution in [0.1, 0.15) is 0 Å². The summed E-state index contributed by atoms with van der Waals surface area (Å²) in [5.74, 6) is 0.317. The Morgan fingerprint density at radius 2 is 2.40 bits per heavy atom. The highest BCUT2D eigenvalue weighted by Crippen LogP contribution is 2.04. The van der Waals surface area contributed by atoms with Crippen LogP contribution in [0.15, 0.2) is 29.0 Å². The van der Waals surface area contributed by atoms with E-state index in [1.165, 1.54) is 13.2 Å². The molecule has 0 rings (SSSR count). The number of hydrogen-bond donors (Lipinski definition) is 1. The fourth-order valence-corrected chi connectivity index (χ4v) is 0.517. The van der Waals surface area contributed by atoms with E-state index >= 15 is 0 Å². The zero-order valence-electron chi connectivity index (χ0n) is 6.00. The maximum atomic E-state index is 8.66. The Hall–Kier alpha value is -1.03. The Balaban J connectivity index is 4.50. The molecule has 0 amide bonds. The van der Waals surface area contributed by atoms with Gasteiger partial charge in [-0.2, -0.15) is 0 Å². The highest BCUT2D eigenvalue weighted by Gasteiger charge is 2.00. The van der Waals surface area contributed by atoms with Crippen LogP contribution < -0.4 is 0 Å². The first-order chi connectivity index (χ1) is 4.79. The summed E-state index contributed by atoms with van der Waals surface area (Å²) in [5.41, 5.74) is 0.539. The molecule has 3 nitrogen and oxygen atoms in total. The zero-order chi connectivity index (χ0) is 7.98. The first-order valence-corrected chi connectivity index (χ1v) is 2.77. The van der Waals surface area contributed by atoms with Gasteiger partial charge in [0.15, 0.2) is 0 Å². The number of allylic oxidation sites excluding steroid dienone is 2. The lowest BCUT2D eigenvalue weighted by Gasteiger charge is -2.01. The van der Waals surface area contributed by atoms with Crippen molar-refractivity contribution >= 4 is 14.2 Å². The van der Waals surface area contributed by atoms with Gasteiger partial charge in [0.1, 0.15) is 0 Å². The van der Waals surface area contributed by atoms with Crippen molar-refractivity contribution in [3.05, 3.63) is 24.0 Å². The molecule has 0 unspecified atom stereocenters. The topological polar surface area (TPSA) is 41.8 Å². The van der Waals surface area contributed by atoms with Crippen LogP contribution in [0.25, 0.3) is 0 Å². The molecule has 0 atom stereocenters. The van der Waals surface area contributed by atoms with Crippen LogP contribution in [0.2, 0.25) is 0 Å². The van der Waals surface area contributed by atoms with E-state index in [-0.39, 0.29) is 7.48 Å². The summed E-state index contributed by atoms with van der Waals surface area (Å²) in [7, 11) is 1.33. The normalized spacial score (nSPS) is 11.4. The van der Waals surface area contributed by atoms with E-state index in [0.717, 1.165) is 0 Å². The lowest BCUT2D eigenvalue weighted by Crippen LogP contribution is -1.97. The minimum absolute atomic E-state index is 0.133. The summed E-state index contributed by atoms with van der Waals surface area (Å²) in [5, 5.41) is 8.66. The standard InChI is InChI=1S/C6H10BNO2/c1-4-5(7-9)6(8-2)10-3/h4,7,9H,1-2H2,3H3/b6-5-. The maximum Gasteiger partial charge on any atom is 0.310 e. The number of nitrogens with zero attached hydrogens (tertiary/aromatic N) is 1. The third-order valence-electron chi connectivity index (χ3n) is 1.03. The van der Waals surface area contributed by atoms with E-state index in [0.29, 0.717) is 11.4 Å². The van der Waals surface area contributed by atoms with Crippen molar-refractivity contribution in [1.82, 2.24) is 0 Å². The number of aliphatic imine (C=N–C) groups is 1. The van der Waals surface area contributed by atoms with Gasteiger partial charge in [-0.1, -0.05) is 12.7 Å². The lowest BCUT2D eigenvalue weighted by atomic mass is 9.88. The summed E-state index contributed by atoms with van der Waals surface area (Å²) >= 11 is 0.